The molecule has 1 aromatic carbocycles. The minimum absolute atomic E-state index is 0.188. The molecule has 0 amide bonds. The Hall–Kier alpha value is -4.62. The molecule has 0 saturated heterocycles. The lowest BCUT2D eigenvalue weighted by atomic mass is 10.1. The van der Waals surface area contributed by atoms with Crippen molar-refractivity contribution in [3.63, 3.8) is 0 Å². The fourth-order valence-corrected chi connectivity index (χ4v) is 4.47. The van der Waals surface area contributed by atoms with Gasteiger partial charge in [-0.25, -0.2) is 19.9 Å². The molecular formula is C26H25F3N10O. The summed E-state index contributed by atoms with van der Waals surface area (Å²) in [5.74, 6) is 1.78. The van der Waals surface area contributed by atoms with E-state index in [0.29, 0.717) is 46.8 Å². The molecule has 14 heteroatoms. The molecule has 4 heterocycles. The van der Waals surface area contributed by atoms with Crippen LogP contribution in [0.2, 0.25) is 0 Å². The molecule has 1 saturated carbocycles. The normalized spacial score (nSPS) is 13.8. The summed E-state index contributed by atoms with van der Waals surface area (Å²) in [5, 5.41) is 16.0. The van der Waals surface area contributed by atoms with Gasteiger partial charge in [0.25, 0.3) is 0 Å². The summed E-state index contributed by atoms with van der Waals surface area (Å²) >= 11 is 0. The number of fused-ring (bicyclic) bond motifs is 1. The molecule has 40 heavy (non-hydrogen) atoms. The van der Waals surface area contributed by atoms with E-state index in [4.69, 9.17) is 9.72 Å². The smallest absolute Gasteiger partial charge is 0.434 e. The van der Waals surface area contributed by atoms with Gasteiger partial charge in [0, 0.05) is 30.3 Å². The number of benzene rings is 1. The molecule has 0 bridgehead atoms. The summed E-state index contributed by atoms with van der Waals surface area (Å²) < 4.78 is 48.5. The van der Waals surface area contributed by atoms with E-state index in [0.717, 1.165) is 30.3 Å². The molecular weight excluding hydrogens is 525 g/mol. The first-order chi connectivity index (χ1) is 19.2. The molecule has 0 unspecified atom stereocenters. The predicted octanol–water partition coefficient (Wildman–Crippen LogP) is 4.94. The quantitative estimate of drug-likeness (QED) is 0.286. The van der Waals surface area contributed by atoms with Crippen LogP contribution in [0, 0.1) is 0 Å². The largest absolute Gasteiger partial charge is 0.480 e. The molecule has 0 radical (unpaired) electrons. The molecule has 6 rings (SSSR count). The molecule has 206 valence electrons. The van der Waals surface area contributed by atoms with Gasteiger partial charge >= 0.3 is 6.18 Å². The third kappa shape index (κ3) is 4.80. The second-order valence-electron chi connectivity index (χ2n) is 9.80. The van der Waals surface area contributed by atoms with E-state index in [-0.39, 0.29) is 11.9 Å². The predicted molar refractivity (Wildman–Crippen MR) is 139 cm³/mol. The van der Waals surface area contributed by atoms with Crippen LogP contribution in [0.4, 0.5) is 19.0 Å². The summed E-state index contributed by atoms with van der Waals surface area (Å²) in [4.78, 5) is 17.3. The van der Waals surface area contributed by atoms with Crippen LogP contribution in [-0.2, 0) is 12.7 Å². The van der Waals surface area contributed by atoms with Crippen LogP contribution in [0.3, 0.4) is 0 Å². The van der Waals surface area contributed by atoms with Gasteiger partial charge in [-0.15, -0.1) is 15.3 Å². The van der Waals surface area contributed by atoms with Crippen molar-refractivity contribution in [2.45, 2.75) is 51.4 Å². The highest BCUT2D eigenvalue weighted by molar-refractivity contribution is 5.70. The van der Waals surface area contributed by atoms with Crippen LogP contribution >= 0.6 is 0 Å². The van der Waals surface area contributed by atoms with Crippen molar-refractivity contribution in [2.24, 2.45) is 0 Å². The van der Waals surface area contributed by atoms with Gasteiger partial charge in [-0.2, -0.15) is 17.7 Å². The van der Waals surface area contributed by atoms with Crippen molar-refractivity contribution in [3.8, 4) is 28.7 Å². The first-order valence-corrected chi connectivity index (χ1v) is 12.7. The zero-order valence-corrected chi connectivity index (χ0v) is 21.9. The van der Waals surface area contributed by atoms with Gasteiger partial charge in [0.2, 0.25) is 11.5 Å². The first kappa shape index (κ1) is 25.6. The van der Waals surface area contributed by atoms with Crippen LogP contribution in [-0.4, -0.2) is 51.4 Å². The van der Waals surface area contributed by atoms with E-state index in [9.17, 15) is 13.2 Å². The number of nitrogens with one attached hydrogen (secondary N) is 1. The summed E-state index contributed by atoms with van der Waals surface area (Å²) in [6.07, 6.45) is 1.55. The van der Waals surface area contributed by atoms with Gasteiger partial charge in [-0.1, -0.05) is 24.3 Å². The maximum absolute atomic E-state index is 13.3. The van der Waals surface area contributed by atoms with E-state index in [1.807, 2.05) is 26.0 Å². The molecule has 5 aromatic rings. The van der Waals surface area contributed by atoms with Crippen molar-refractivity contribution in [3.05, 3.63) is 60.1 Å². The highest BCUT2D eigenvalue weighted by Gasteiger charge is 2.35. The molecule has 1 aliphatic rings. The summed E-state index contributed by atoms with van der Waals surface area (Å²) in [5.41, 5.74) is 2.45. The zero-order chi connectivity index (χ0) is 28.0. The van der Waals surface area contributed by atoms with E-state index in [1.165, 1.54) is 21.7 Å². The van der Waals surface area contributed by atoms with Gasteiger partial charge in [0.05, 0.1) is 12.8 Å². The third-order valence-electron chi connectivity index (χ3n) is 6.64. The van der Waals surface area contributed by atoms with E-state index in [1.54, 1.807) is 19.2 Å². The molecule has 0 atom stereocenters. The molecule has 1 N–H and O–H groups in total. The number of methoxy groups -OCH3 is 1. The Bertz CT molecular complexity index is 1670. The number of imidazole rings is 1. The average molecular weight is 551 g/mol. The van der Waals surface area contributed by atoms with Crippen molar-refractivity contribution in [1.82, 2.24) is 44.3 Å². The minimum atomic E-state index is -4.52. The number of hydrogen-bond acceptors (Lipinski definition) is 9. The topological polar surface area (TPSA) is 121 Å². The lowest BCUT2D eigenvalue weighted by molar-refractivity contribution is -0.140. The van der Waals surface area contributed by atoms with E-state index >= 15 is 0 Å². The van der Waals surface area contributed by atoms with Crippen LogP contribution in [0.25, 0.3) is 28.4 Å². The Balaban J connectivity index is 1.29. The highest BCUT2D eigenvalue weighted by Crippen LogP contribution is 2.45. The fourth-order valence-electron chi connectivity index (χ4n) is 4.47. The van der Waals surface area contributed by atoms with Crippen molar-refractivity contribution in [1.29, 1.82) is 0 Å². The van der Waals surface area contributed by atoms with Crippen molar-refractivity contribution < 1.29 is 17.9 Å². The monoisotopic (exact) mass is 550 g/mol. The number of nitrogens with zero attached hydrogens (tertiary/aromatic N) is 9. The Labute approximate surface area is 226 Å². The van der Waals surface area contributed by atoms with Crippen LogP contribution in [0.15, 0.2) is 43.1 Å². The lowest BCUT2D eigenvalue weighted by Gasteiger charge is -2.13. The van der Waals surface area contributed by atoms with Crippen molar-refractivity contribution >= 4 is 11.5 Å². The maximum atomic E-state index is 13.3. The Morgan fingerprint density at radius 2 is 1.88 bits per heavy atom. The summed E-state index contributed by atoms with van der Waals surface area (Å²) in [6, 6.07) is 6.98. The number of alkyl halides is 3. The first-order valence-electron chi connectivity index (χ1n) is 12.7. The number of anilines is 1. The SMILES string of the molecule is COc1ncnc(C2CC2)c1-c1nc(NCc2ccc(-c3nc(C(F)(F)F)cn3C(C)C)cc2)c2nncn2n1. The molecule has 4 aromatic heterocycles. The van der Waals surface area contributed by atoms with Gasteiger partial charge < -0.3 is 14.6 Å². The average Bonchev–Trinajstić information content (AvgIpc) is 3.48. The standard InChI is InChI=1S/C26H25F3N10O/c1-14(2)38-11-18(26(27,28)29)34-23(38)17-6-4-15(5-7-17)10-30-22-24-36-33-13-39(24)37-21(35-22)19-20(16-8-9-16)31-12-32-25(19)40-3/h4-7,11-14,16H,8-10H2,1-3H3,(H,30,35,37). The number of aromatic nitrogens is 9. The van der Waals surface area contributed by atoms with Gasteiger partial charge in [0.15, 0.2) is 17.3 Å². The maximum Gasteiger partial charge on any atom is 0.434 e. The second-order valence-corrected chi connectivity index (χ2v) is 9.80. The minimum Gasteiger partial charge on any atom is -0.480 e. The van der Waals surface area contributed by atoms with Gasteiger partial charge in [0.1, 0.15) is 24.0 Å². The Morgan fingerprint density at radius 1 is 1.10 bits per heavy atom. The van der Waals surface area contributed by atoms with Crippen molar-refractivity contribution in [2.75, 3.05) is 12.4 Å². The molecule has 1 fully saturated rings. The number of rotatable bonds is 8. The molecule has 0 spiro atoms. The number of ether oxygens (including phenoxy) is 1. The third-order valence-corrected chi connectivity index (χ3v) is 6.64. The number of halogens is 3. The Morgan fingerprint density at radius 3 is 2.55 bits per heavy atom. The molecule has 11 nitrogen and oxygen atoms in total. The van der Waals surface area contributed by atoms with Gasteiger partial charge in [-0.05, 0) is 32.3 Å². The van der Waals surface area contributed by atoms with Crippen LogP contribution in [0.5, 0.6) is 5.88 Å². The zero-order valence-electron chi connectivity index (χ0n) is 21.9. The molecule has 0 aliphatic heterocycles. The summed E-state index contributed by atoms with van der Waals surface area (Å²) in [6.45, 7) is 3.99. The van der Waals surface area contributed by atoms with E-state index in [2.05, 4.69) is 35.6 Å². The second kappa shape index (κ2) is 9.84. The molecule has 1 aliphatic carbocycles. The van der Waals surface area contributed by atoms with Crippen LogP contribution in [0.1, 0.15) is 55.6 Å². The lowest BCUT2D eigenvalue weighted by Crippen LogP contribution is -2.09. The van der Waals surface area contributed by atoms with Gasteiger partial charge in [-0.3, -0.25) is 0 Å². The number of hydrogen-bond donors (Lipinski definition) is 1. The summed E-state index contributed by atoms with van der Waals surface area (Å²) in [7, 11) is 1.54. The fraction of sp³-hybridized carbons (Fsp3) is 0.346. The Kier molecular flexibility index (Phi) is 6.31. The highest BCUT2D eigenvalue weighted by atomic mass is 19.4. The van der Waals surface area contributed by atoms with Crippen LogP contribution < -0.4 is 10.1 Å². The van der Waals surface area contributed by atoms with E-state index < -0.39 is 11.9 Å².